The van der Waals surface area contributed by atoms with Crippen LogP contribution in [-0.2, 0) is 16.0 Å². The molecule has 104 valence electrons. The molecule has 1 aromatic heterocycles. The van der Waals surface area contributed by atoms with E-state index in [-0.39, 0.29) is 17.1 Å². The van der Waals surface area contributed by atoms with Crippen molar-refractivity contribution in [2.24, 2.45) is 0 Å². The molecule has 20 heavy (non-hydrogen) atoms. The molecule has 0 N–H and O–H groups in total. The van der Waals surface area contributed by atoms with Crippen LogP contribution in [0.1, 0.15) is 5.69 Å². The van der Waals surface area contributed by atoms with Gasteiger partial charge in [0.15, 0.2) is 0 Å². The first-order valence-electron chi connectivity index (χ1n) is 5.48. The maximum Gasteiger partial charge on any atom is 0.348 e. The van der Waals surface area contributed by atoms with Gasteiger partial charge in [-0.05, 0) is 35.6 Å². The molecule has 0 unspecified atom stereocenters. The van der Waals surface area contributed by atoms with E-state index in [9.17, 15) is 19.3 Å². The molecular formula is C12H9FN2O4S. The Morgan fingerprint density at radius 1 is 1.45 bits per heavy atom. The number of methoxy groups -OCH3 is 1. The van der Waals surface area contributed by atoms with E-state index in [4.69, 9.17) is 0 Å². The summed E-state index contributed by atoms with van der Waals surface area (Å²) in [5.74, 6) is -1.02. The normalized spacial score (nSPS) is 10.3. The smallest absolute Gasteiger partial charge is 0.348 e. The first-order chi connectivity index (χ1) is 9.51. The first-order valence-corrected chi connectivity index (χ1v) is 6.29. The molecule has 1 heterocycles. The van der Waals surface area contributed by atoms with Crippen LogP contribution < -0.4 is 0 Å². The number of nitrogens with zero attached hydrogens (tertiary/aromatic N) is 2. The summed E-state index contributed by atoms with van der Waals surface area (Å²) < 4.78 is 17.3. The molecule has 0 aliphatic rings. The zero-order chi connectivity index (χ0) is 14.7. The van der Waals surface area contributed by atoms with E-state index in [2.05, 4.69) is 9.72 Å². The molecule has 0 spiro atoms. The Balaban J connectivity index is 2.40. The van der Waals surface area contributed by atoms with E-state index in [0.29, 0.717) is 10.6 Å². The highest BCUT2D eigenvalue weighted by atomic mass is 32.1. The molecule has 0 aliphatic heterocycles. The van der Waals surface area contributed by atoms with Gasteiger partial charge in [0, 0.05) is 5.56 Å². The largest absolute Gasteiger partial charge is 0.469 e. The van der Waals surface area contributed by atoms with Gasteiger partial charge in [-0.1, -0.05) is 0 Å². The van der Waals surface area contributed by atoms with Crippen LogP contribution in [0.3, 0.4) is 0 Å². The number of carbonyl (C=O) groups is 1. The molecule has 0 saturated heterocycles. The predicted molar refractivity (Wildman–Crippen MR) is 69.9 cm³/mol. The molecule has 8 heteroatoms. The van der Waals surface area contributed by atoms with Crippen molar-refractivity contribution in [3.63, 3.8) is 0 Å². The second-order valence-electron chi connectivity index (χ2n) is 3.79. The number of hydrogen-bond acceptors (Lipinski definition) is 6. The summed E-state index contributed by atoms with van der Waals surface area (Å²) in [6.07, 6.45) is -0.273. The van der Waals surface area contributed by atoms with Crippen LogP contribution in [0, 0.1) is 15.9 Å². The fourth-order valence-electron chi connectivity index (χ4n) is 1.53. The summed E-state index contributed by atoms with van der Waals surface area (Å²) in [4.78, 5) is 25.6. The van der Waals surface area contributed by atoms with Gasteiger partial charge >= 0.3 is 11.0 Å². The standard InChI is InChI=1S/C12H9FN2O4S/c1-19-10(16)6-9-12(15(17)18)20-11(14-9)7-2-4-8(13)5-3-7/h2-5H,6H2,1H3. The summed E-state index contributed by atoms with van der Waals surface area (Å²) in [6, 6.07) is 5.42. The number of aromatic nitrogens is 1. The van der Waals surface area contributed by atoms with Gasteiger partial charge in [-0.15, -0.1) is 0 Å². The molecule has 0 amide bonds. The number of thiazole rings is 1. The third-order valence-corrected chi connectivity index (χ3v) is 3.57. The van der Waals surface area contributed by atoms with Crippen LogP contribution in [0.5, 0.6) is 0 Å². The zero-order valence-electron chi connectivity index (χ0n) is 10.3. The van der Waals surface area contributed by atoms with Crippen LogP contribution in [0.4, 0.5) is 9.39 Å². The fraction of sp³-hybridized carbons (Fsp3) is 0.167. The van der Waals surface area contributed by atoms with E-state index in [1.54, 1.807) is 0 Å². The molecule has 0 aliphatic carbocycles. The average molecular weight is 296 g/mol. The van der Waals surface area contributed by atoms with Crippen LogP contribution in [0.15, 0.2) is 24.3 Å². The van der Waals surface area contributed by atoms with Crippen molar-refractivity contribution >= 4 is 22.3 Å². The summed E-state index contributed by atoms with van der Waals surface area (Å²) in [7, 11) is 1.20. The van der Waals surface area contributed by atoms with Crippen LogP contribution in [-0.4, -0.2) is 23.0 Å². The zero-order valence-corrected chi connectivity index (χ0v) is 11.1. The third kappa shape index (κ3) is 2.97. The Bertz CT molecular complexity index is 654. The summed E-state index contributed by atoms with van der Waals surface area (Å²) in [5.41, 5.74) is 0.599. The molecule has 1 aromatic carbocycles. The van der Waals surface area contributed by atoms with E-state index in [0.717, 1.165) is 11.3 Å². The predicted octanol–water partition coefficient (Wildman–Crippen LogP) is 2.57. The number of hydrogen-bond donors (Lipinski definition) is 0. The minimum Gasteiger partial charge on any atom is -0.469 e. The van der Waals surface area contributed by atoms with Gasteiger partial charge in [0.1, 0.15) is 16.5 Å². The Morgan fingerprint density at radius 2 is 2.10 bits per heavy atom. The quantitative estimate of drug-likeness (QED) is 0.492. The van der Waals surface area contributed by atoms with Crippen LogP contribution in [0.2, 0.25) is 0 Å². The van der Waals surface area contributed by atoms with Gasteiger partial charge in [-0.25, -0.2) is 9.37 Å². The lowest BCUT2D eigenvalue weighted by molar-refractivity contribution is -0.381. The van der Waals surface area contributed by atoms with E-state index in [1.807, 2.05) is 0 Å². The minimum atomic E-state index is -0.607. The number of benzene rings is 1. The Hall–Kier alpha value is -2.35. The van der Waals surface area contributed by atoms with Gasteiger partial charge < -0.3 is 4.74 Å². The van der Waals surface area contributed by atoms with Crippen molar-refractivity contribution in [2.45, 2.75) is 6.42 Å². The van der Waals surface area contributed by atoms with E-state index >= 15 is 0 Å². The molecule has 0 bridgehead atoms. The fourth-order valence-corrected chi connectivity index (χ4v) is 2.43. The lowest BCUT2D eigenvalue weighted by atomic mass is 10.2. The summed E-state index contributed by atoms with van der Waals surface area (Å²) in [5, 5.41) is 11.1. The van der Waals surface area contributed by atoms with Crippen molar-refractivity contribution in [3.05, 3.63) is 45.9 Å². The van der Waals surface area contributed by atoms with Crippen molar-refractivity contribution < 1.29 is 18.8 Å². The Kier molecular flexibility index (Phi) is 4.04. The SMILES string of the molecule is COC(=O)Cc1nc(-c2ccc(F)cc2)sc1[N+](=O)[O-]. The number of carbonyl (C=O) groups excluding carboxylic acids is 1. The van der Waals surface area contributed by atoms with E-state index in [1.165, 1.54) is 31.4 Å². The minimum absolute atomic E-state index is 0.0474. The van der Waals surface area contributed by atoms with Crippen LogP contribution in [0.25, 0.3) is 10.6 Å². The number of halogens is 1. The molecule has 2 rings (SSSR count). The molecule has 0 atom stereocenters. The van der Waals surface area contributed by atoms with Gasteiger partial charge in [-0.2, -0.15) is 0 Å². The Morgan fingerprint density at radius 3 is 2.65 bits per heavy atom. The van der Waals surface area contributed by atoms with Gasteiger partial charge in [-0.3, -0.25) is 14.9 Å². The molecule has 0 fully saturated rings. The molecule has 0 saturated carbocycles. The number of nitro groups is 1. The molecule has 2 aromatic rings. The van der Waals surface area contributed by atoms with Crippen molar-refractivity contribution in [1.29, 1.82) is 0 Å². The highest BCUT2D eigenvalue weighted by molar-refractivity contribution is 7.18. The van der Waals surface area contributed by atoms with Gasteiger partial charge in [0.2, 0.25) is 0 Å². The van der Waals surface area contributed by atoms with Crippen molar-refractivity contribution in [2.75, 3.05) is 7.11 Å². The first kappa shape index (κ1) is 14.1. The molecule has 6 nitrogen and oxygen atoms in total. The topological polar surface area (TPSA) is 82.3 Å². The second kappa shape index (κ2) is 5.74. The molecule has 0 radical (unpaired) electrons. The monoisotopic (exact) mass is 296 g/mol. The number of rotatable bonds is 4. The molecular weight excluding hydrogens is 287 g/mol. The highest BCUT2D eigenvalue weighted by Gasteiger charge is 2.24. The van der Waals surface area contributed by atoms with Gasteiger partial charge in [0.25, 0.3) is 0 Å². The number of esters is 1. The van der Waals surface area contributed by atoms with Gasteiger partial charge in [0.05, 0.1) is 18.5 Å². The second-order valence-corrected chi connectivity index (χ2v) is 4.77. The van der Waals surface area contributed by atoms with Crippen LogP contribution >= 0.6 is 11.3 Å². The number of ether oxygens (including phenoxy) is 1. The summed E-state index contributed by atoms with van der Waals surface area (Å²) in [6.45, 7) is 0. The average Bonchev–Trinajstić information content (AvgIpc) is 2.83. The lowest BCUT2D eigenvalue weighted by Gasteiger charge is -1.95. The highest BCUT2D eigenvalue weighted by Crippen LogP contribution is 2.34. The van der Waals surface area contributed by atoms with Crippen molar-refractivity contribution in [3.8, 4) is 10.6 Å². The third-order valence-electron chi connectivity index (χ3n) is 2.47. The maximum absolute atomic E-state index is 12.8. The van der Waals surface area contributed by atoms with E-state index < -0.39 is 16.7 Å². The maximum atomic E-state index is 12.8. The lowest BCUT2D eigenvalue weighted by Crippen LogP contribution is -2.06. The summed E-state index contributed by atoms with van der Waals surface area (Å²) >= 11 is 0.839. The van der Waals surface area contributed by atoms with Crippen molar-refractivity contribution in [1.82, 2.24) is 4.98 Å². The Labute approximate surface area is 117 Å².